The maximum Gasteiger partial charge on any atom is 0.127 e. The first-order valence-electron chi connectivity index (χ1n) is 6.35. The lowest BCUT2D eigenvalue weighted by Gasteiger charge is -2.10. The molecule has 0 fully saturated rings. The third-order valence-corrected chi connectivity index (χ3v) is 3.18. The maximum atomic E-state index is 14.0. The van der Waals surface area contributed by atoms with Crippen molar-refractivity contribution >= 4 is 0 Å². The molecule has 94 valence electrons. The van der Waals surface area contributed by atoms with Crippen LogP contribution in [0.2, 0.25) is 0 Å². The molecule has 0 aliphatic carbocycles. The van der Waals surface area contributed by atoms with E-state index in [0.29, 0.717) is 0 Å². The topological polar surface area (TPSA) is 0 Å². The van der Waals surface area contributed by atoms with Gasteiger partial charge in [0.25, 0.3) is 0 Å². The average Bonchev–Trinajstić information content (AvgIpc) is 2.26. The predicted molar refractivity (Wildman–Crippen MR) is 75.4 cm³/mol. The van der Waals surface area contributed by atoms with Gasteiger partial charge in [-0.15, -0.1) is 0 Å². The fourth-order valence-corrected chi connectivity index (χ4v) is 2.32. The molecular formula is C17H19F. The van der Waals surface area contributed by atoms with E-state index in [1.807, 2.05) is 26.0 Å². The molecule has 2 aromatic carbocycles. The van der Waals surface area contributed by atoms with Crippen molar-refractivity contribution in [2.24, 2.45) is 0 Å². The van der Waals surface area contributed by atoms with Crippen LogP contribution >= 0.6 is 0 Å². The summed E-state index contributed by atoms with van der Waals surface area (Å²) >= 11 is 0. The van der Waals surface area contributed by atoms with Gasteiger partial charge in [0, 0.05) is 0 Å². The highest BCUT2D eigenvalue weighted by molar-refractivity contribution is 5.65. The summed E-state index contributed by atoms with van der Waals surface area (Å²) in [7, 11) is 0. The van der Waals surface area contributed by atoms with Crippen molar-refractivity contribution < 1.29 is 4.39 Å². The van der Waals surface area contributed by atoms with Gasteiger partial charge in [0.1, 0.15) is 5.82 Å². The highest BCUT2D eigenvalue weighted by Gasteiger charge is 2.08. The Hall–Kier alpha value is -1.63. The lowest BCUT2D eigenvalue weighted by atomic mass is 9.96. The van der Waals surface area contributed by atoms with Crippen LogP contribution in [-0.4, -0.2) is 0 Å². The Morgan fingerprint density at radius 3 is 1.94 bits per heavy atom. The standard InChI is InChI=1S/C17H19F/c1-11(2)16-6-5-14(10-17(16)18)15-8-12(3)7-13(4)9-15/h5-11H,1-4H3. The van der Waals surface area contributed by atoms with Crippen LogP contribution < -0.4 is 0 Å². The van der Waals surface area contributed by atoms with Crippen LogP contribution in [0, 0.1) is 19.7 Å². The molecule has 0 spiro atoms. The monoisotopic (exact) mass is 242 g/mol. The molecule has 1 heteroatoms. The first kappa shape index (κ1) is 12.8. The number of hydrogen-bond acceptors (Lipinski definition) is 0. The van der Waals surface area contributed by atoms with Gasteiger partial charge in [-0.2, -0.15) is 0 Å². The van der Waals surface area contributed by atoms with E-state index in [1.54, 1.807) is 6.07 Å². The van der Waals surface area contributed by atoms with E-state index in [9.17, 15) is 4.39 Å². The van der Waals surface area contributed by atoms with Gasteiger partial charge in [0.2, 0.25) is 0 Å². The first-order valence-corrected chi connectivity index (χ1v) is 6.35. The van der Waals surface area contributed by atoms with E-state index < -0.39 is 0 Å². The van der Waals surface area contributed by atoms with Gasteiger partial charge in [-0.25, -0.2) is 4.39 Å². The minimum absolute atomic E-state index is 0.110. The molecule has 0 unspecified atom stereocenters. The fraction of sp³-hybridized carbons (Fsp3) is 0.294. The molecule has 2 rings (SSSR count). The molecule has 0 N–H and O–H groups in total. The van der Waals surface area contributed by atoms with Crippen LogP contribution in [0.1, 0.15) is 36.5 Å². The Morgan fingerprint density at radius 1 is 0.833 bits per heavy atom. The summed E-state index contributed by atoms with van der Waals surface area (Å²) in [5.41, 5.74) is 5.23. The smallest absolute Gasteiger partial charge is 0.127 e. The molecule has 0 saturated carbocycles. The summed E-state index contributed by atoms with van der Waals surface area (Å²) in [5.74, 6) is 0.111. The Morgan fingerprint density at radius 2 is 1.44 bits per heavy atom. The van der Waals surface area contributed by atoms with E-state index in [-0.39, 0.29) is 11.7 Å². The normalized spacial score (nSPS) is 11.0. The van der Waals surface area contributed by atoms with Crippen molar-refractivity contribution in [1.82, 2.24) is 0 Å². The number of rotatable bonds is 2. The van der Waals surface area contributed by atoms with Gasteiger partial charge in [0.05, 0.1) is 0 Å². The first-order chi connectivity index (χ1) is 8.47. The zero-order valence-electron chi connectivity index (χ0n) is 11.4. The van der Waals surface area contributed by atoms with E-state index in [1.165, 1.54) is 11.1 Å². The largest absolute Gasteiger partial charge is 0.207 e. The lowest BCUT2D eigenvalue weighted by Crippen LogP contribution is -1.93. The van der Waals surface area contributed by atoms with Crippen molar-refractivity contribution in [3.8, 4) is 11.1 Å². The Kier molecular flexibility index (Phi) is 3.51. The highest BCUT2D eigenvalue weighted by Crippen LogP contribution is 2.26. The second kappa shape index (κ2) is 4.93. The summed E-state index contributed by atoms with van der Waals surface area (Å²) in [6.45, 7) is 8.15. The van der Waals surface area contributed by atoms with Gasteiger partial charge in [-0.05, 0) is 42.5 Å². The second-order valence-electron chi connectivity index (χ2n) is 5.27. The zero-order valence-corrected chi connectivity index (χ0v) is 11.4. The SMILES string of the molecule is Cc1cc(C)cc(-c2ccc(C(C)C)c(F)c2)c1. The number of benzene rings is 2. The van der Waals surface area contributed by atoms with Crippen LogP contribution in [-0.2, 0) is 0 Å². The van der Waals surface area contributed by atoms with Crippen molar-refractivity contribution in [2.75, 3.05) is 0 Å². The molecule has 0 nitrogen and oxygen atoms in total. The quantitative estimate of drug-likeness (QED) is 0.676. The fourth-order valence-electron chi connectivity index (χ4n) is 2.32. The van der Waals surface area contributed by atoms with Gasteiger partial charge < -0.3 is 0 Å². The van der Waals surface area contributed by atoms with Crippen LogP contribution in [0.4, 0.5) is 4.39 Å². The van der Waals surface area contributed by atoms with Crippen LogP contribution in [0.5, 0.6) is 0 Å². The summed E-state index contributed by atoms with van der Waals surface area (Å²) < 4.78 is 14.0. The number of hydrogen-bond donors (Lipinski definition) is 0. The summed E-state index contributed by atoms with van der Waals surface area (Å²) in [4.78, 5) is 0. The molecule has 0 aromatic heterocycles. The van der Waals surface area contributed by atoms with Crippen molar-refractivity contribution in [3.63, 3.8) is 0 Å². The van der Waals surface area contributed by atoms with Crippen molar-refractivity contribution in [1.29, 1.82) is 0 Å². The van der Waals surface area contributed by atoms with Gasteiger partial charge in [-0.1, -0.05) is 55.3 Å². The van der Waals surface area contributed by atoms with Gasteiger partial charge in [-0.3, -0.25) is 0 Å². The Labute approximate surface area is 108 Å². The van der Waals surface area contributed by atoms with Crippen LogP contribution in [0.15, 0.2) is 36.4 Å². The molecule has 0 bridgehead atoms. The van der Waals surface area contributed by atoms with E-state index in [2.05, 4.69) is 32.0 Å². The average molecular weight is 242 g/mol. The van der Waals surface area contributed by atoms with E-state index in [4.69, 9.17) is 0 Å². The molecule has 0 radical (unpaired) electrons. The van der Waals surface area contributed by atoms with E-state index >= 15 is 0 Å². The molecule has 2 aromatic rings. The second-order valence-corrected chi connectivity index (χ2v) is 5.27. The molecule has 0 heterocycles. The molecule has 0 atom stereocenters. The molecule has 0 saturated heterocycles. The molecule has 0 amide bonds. The number of halogens is 1. The van der Waals surface area contributed by atoms with Gasteiger partial charge in [0.15, 0.2) is 0 Å². The maximum absolute atomic E-state index is 14.0. The molecule has 0 aliphatic rings. The molecule has 0 aliphatic heterocycles. The van der Waals surface area contributed by atoms with Crippen LogP contribution in [0.25, 0.3) is 11.1 Å². The highest BCUT2D eigenvalue weighted by atomic mass is 19.1. The summed E-state index contributed by atoms with van der Waals surface area (Å²) in [6.07, 6.45) is 0. The van der Waals surface area contributed by atoms with Crippen molar-refractivity contribution in [3.05, 3.63) is 58.9 Å². The molecule has 18 heavy (non-hydrogen) atoms. The minimum Gasteiger partial charge on any atom is -0.207 e. The Balaban J connectivity index is 2.48. The summed E-state index contributed by atoms with van der Waals surface area (Å²) in [5, 5.41) is 0. The van der Waals surface area contributed by atoms with Gasteiger partial charge >= 0.3 is 0 Å². The third-order valence-electron chi connectivity index (χ3n) is 3.18. The zero-order chi connectivity index (χ0) is 13.3. The predicted octanol–water partition coefficient (Wildman–Crippen LogP) is 5.23. The van der Waals surface area contributed by atoms with E-state index in [0.717, 1.165) is 16.7 Å². The Bertz CT molecular complexity index is 548. The van der Waals surface area contributed by atoms with Crippen LogP contribution in [0.3, 0.4) is 0 Å². The third kappa shape index (κ3) is 2.61. The minimum atomic E-state index is -0.110. The summed E-state index contributed by atoms with van der Waals surface area (Å²) in [6, 6.07) is 11.9. The number of aryl methyl sites for hydroxylation is 2. The lowest BCUT2D eigenvalue weighted by molar-refractivity contribution is 0.599. The van der Waals surface area contributed by atoms with Crippen molar-refractivity contribution in [2.45, 2.75) is 33.6 Å². The molecular weight excluding hydrogens is 223 g/mol.